The van der Waals surface area contributed by atoms with Crippen molar-refractivity contribution in [2.75, 3.05) is 0 Å². The van der Waals surface area contributed by atoms with Gasteiger partial charge < -0.3 is 0 Å². The lowest BCUT2D eigenvalue weighted by Gasteiger charge is -2.01. The maximum absolute atomic E-state index is 11.3. The lowest BCUT2D eigenvalue weighted by molar-refractivity contribution is 0.790. The number of aryl methyl sites for hydroxylation is 2. The lowest BCUT2D eigenvalue weighted by atomic mass is 10.2. The summed E-state index contributed by atoms with van der Waals surface area (Å²) in [6, 6.07) is 8.25. The van der Waals surface area contributed by atoms with Gasteiger partial charge >= 0.3 is 0 Å². The van der Waals surface area contributed by atoms with Crippen LogP contribution in [0.15, 0.2) is 34.2 Å². The number of rotatable bonds is 3. The van der Waals surface area contributed by atoms with E-state index in [0.717, 1.165) is 5.75 Å². The zero-order valence-electron chi connectivity index (χ0n) is 9.73. The van der Waals surface area contributed by atoms with Gasteiger partial charge in [-0.3, -0.25) is 9.78 Å². The van der Waals surface area contributed by atoms with Gasteiger partial charge in [0.1, 0.15) is 5.69 Å². The molecule has 0 spiro atoms. The Kier molecular flexibility index (Phi) is 3.58. The first-order chi connectivity index (χ1) is 8.15. The Balaban J connectivity index is 2.07. The maximum atomic E-state index is 11.3. The predicted octanol–water partition coefficient (Wildman–Crippen LogP) is 2.07. The van der Waals surface area contributed by atoms with Crippen LogP contribution in [-0.2, 0) is 5.75 Å². The topological polar surface area (TPSA) is 58.6 Å². The molecular weight excluding hydrogens is 234 g/mol. The summed E-state index contributed by atoms with van der Waals surface area (Å²) in [6.07, 6.45) is 0. The Hall–Kier alpha value is -1.62. The summed E-state index contributed by atoms with van der Waals surface area (Å²) in [7, 11) is 0. The molecule has 1 heterocycles. The van der Waals surface area contributed by atoms with Gasteiger partial charge in [0.15, 0.2) is 5.16 Å². The highest BCUT2D eigenvalue weighted by atomic mass is 32.2. The van der Waals surface area contributed by atoms with E-state index in [1.165, 1.54) is 22.9 Å². The van der Waals surface area contributed by atoms with E-state index >= 15 is 0 Å². The summed E-state index contributed by atoms with van der Waals surface area (Å²) in [6.45, 7) is 3.70. The summed E-state index contributed by atoms with van der Waals surface area (Å²) in [5, 5.41) is 8.29. The third kappa shape index (κ3) is 3.17. The monoisotopic (exact) mass is 247 g/mol. The van der Waals surface area contributed by atoms with Crippen molar-refractivity contribution in [3.63, 3.8) is 0 Å². The van der Waals surface area contributed by atoms with E-state index in [-0.39, 0.29) is 5.56 Å². The Labute approximate surface area is 103 Å². The van der Waals surface area contributed by atoms with Crippen LogP contribution in [0.2, 0.25) is 0 Å². The van der Waals surface area contributed by atoms with Crippen LogP contribution < -0.4 is 5.56 Å². The van der Waals surface area contributed by atoms with Crippen LogP contribution in [0, 0.1) is 13.8 Å². The van der Waals surface area contributed by atoms with Gasteiger partial charge in [-0.2, -0.15) is 0 Å². The minimum absolute atomic E-state index is 0.174. The number of hydrogen-bond acceptors (Lipinski definition) is 4. The van der Waals surface area contributed by atoms with Crippen molar-refractivity contribution >= 4 is 11.8 Å². The molecule has 0 atom stereocenters. The van der Waals surface area contributed by atoms with Gasteiger partial charge in [0.05, 0.1) is 0 Å². The van der Waals surface area contributed by atoms with Gasteiger partial charge in [-0.25, -0.2) is 0 Å². The van der Waals surface area contributed by atoms with Gasteiger partial charge in [-0.05, 0) is 19.4 Å². The Morgan fingerprint density at radius 3 is 2.82 bits per heavy atom. The van der Waals surface area contributed by atoms with Crippen molar-refractivity contribution in [1.29, 1.82) is 0 Å². The van der Waals surface area contributed by atoms with Gasteiger partial charge in [-0.1, -0.05) is 41.6 Å². The number of aromatic amines is 1. The minimum atomic E-state index is -0.174. The highest BCUT2D eigenvalue weighted by Gasteiger charge is 2.01. The van der Waals surface area contributed by atoms with Crippen LogP contribution in [0.4, 0.5) is 0 Å². The second-order valence-corrected chi connectivity index (χ2v) is 4.79. The van der Waals surface area contributed by atoms with Crippen molar-refractivity contribution in [2.24, 2.45) is 0 Å². The van der Waals surface area contributed by atoms with E-state index in [0.29, 0.717) is 10.9 Å². The summed E-state index contributed by atoms with van der Waals surface area (Å²) in [5.74, 6) is 0.773. The van der Waals surface area contributed by atoms with Crippen LogP contribution in [-0.4, -0.2) is 15.2 Å². The molecule has 0 bridgehead atoms. The van der Waals surface area contributed by atoms with Crippen molar-refractivity contribution in [3.8, 4) is 0 Å². The van der Waals surface area contributed by atoms with E-state index in [9.17, 15) is 4.79 Å². The zero-order valence-corrected chi connectivity index (χ0v) is 10.5. The van der Waals surface area contributed by atoms with E-state index < -0.39 is 0 Å². The normalized spacial score (nSPS) is 10.5. The molecule has 1 N–H and O–H groups in total. The molecule has 0 fully saturated rings. The fourth-order valence-corrected chi connectivity index (χ4v) is 2.14. The molecule has 0 radical (unpaired) electrons. The van der Waals surface area contributed by atoms with Crippen LogP contribution in [0.5, 0.6) is 0 Å². The lowest BCUT2D eigenvalue weighted by Crippen LogP contribution is -2.14. The molecule has 1 aromatic heterocycles. The number of aromatic nitrogens is 3. The Bertz CT molecular complexity index is 580. The number of thioether (sulfide) groups is 1. The van der Waals surface area contributed by atoms with E-state index in [1.54, 1.807) is 6.92 Å². The molecular formula is C12H13N3OS. The standard InChI is InChI=1S/C12H13N3OS/c1-8-4-3-5-10(6-8)7-17-12-13-11(16)9(2)14-15-12/h3-6H,7H2,1-2H3,(H,13,15,16). The van der Waals surface area contributed by atoms with E-state index in [4.69, 9.17) is 0 Å². The highest BCUT2D eigenvalue weighted by molar-refractivity contribution is 7.98. The molecule has 2 aromatic rings. The first kappa shape index (κ1) is 11.9. The number of hydrogen-bond donors (Lipinski definition) is 1. The van der Waals surface area contributed by atoms with E-state index in [2.05, 4.69) is 40.3 Å². The molecule has 1 aromatic carbocycles. The van der Waals surface area contributed by atoms with Crippen molar-refractivity contribution < 1.29 is 0 Å². The molecule has 4 nitrogen and oxygen atoms in total. The average Bonchev–Trinajstić information content (AvgIpc) is 2.31. The molecule has 0 aliphatic heterocycles. The Morgan fingerprint density at radius 2 is 2.12 bits per heavy atom. The third-order valence-corrected chi connectivity index (χ3v) is 3.23. The van der Waals surface area contributed by atoms with Gasteiger partial charge in [0.2, 0.25) is 0 Å². The molecule has 0 amide bonds. The molecule has 0 unspecified atom stereocenters. The minimum Gasteiger partial charge on any atom is -0.298 e. The van der Waals surface area contributed by atoms with Gasteiger partial charge in [0, 0.05) is 5.75 Å². The first-order valence-electron chi connectivity index (χ1n) is 5.27. The number of nitrogens with zero attached hydrogens (tertiary/aromatic N) is 2. The molecule has 0 aliphatic carbocycles. The summed E-state index contributed by atoms with van der Waals surface area (Å²) < 4.78 is 0. The Morgan fingerprint density at radius 1 is 1.29 bits per heavy atom. The fraction of sp³-hybridized carbons (Fsp3) is 0.250. The van der Waals surface area contributed by atoms with Crippen molar-refractivity contribution in [1.82, 2.24) is 15.2 Å². The van der Waals surface area contributed by atoms with Crippen LogP contribution >= 0.6 is 11.8 Å². The highest BCUT2D eigenvalue weighted by Crippen LogP contribution is 2.18. The second-order valence-electron chi connectivity index (χ2n) is 3.82. The van der Waals surface area contributed by atoms with Gasteiger partial charge in [0.25, 0.3) is 5.56 Å². The van der Waals surface area contributed by atoms with Crippen LogP contribution in [0.1, 0.15) is 16.8 Å². The second kappa shape index (κ2) is 5.14. The molecule has 0 saturated carbocycles. The molecule has 0 saturated heterocycles. The fourth-order valence-electron chi connectivity index (χ4n) is 1.40. The predicted molar refractivity (Wildman–Crippen MR) is 68.1 cm³/mol. The summed E-state index contributed by atoms with van der Waals surface area (Å²) >= 11 is 1.48. The smallest absolute Gasteiger partial charge is 0.273 e. The first-order valence-corrected chi connectivity index (χ1v) is 6.25. The molecule has 2 rings (SSSR count). The molecule has 88 valence electrons. The molecule has 17 heavy (non-hydrogen) atoms. The van der Waals surface area contributed by atoms with Gasteiger partial charge in [-0.15, -0.1) is 10.2 Å². The largest absolute Gasteiger partial charge is 0.298 e. The third-order valence-electron chi connectivity index (χ3n) is 2.30. The van der Waals surface area contributed by atoms with E-state index in [1.807, 2.05) is 6.07 Å². The number of benzene rings is 1. The summed E-state index contributed by atoms with van der Waals surface area (Å²) in [4.78, 5) is 14.0. The van der Waals surface area contributed by atoms with Crippen LogP contribution in [0.3, 0.4) is 0 Å². The number of H-pyrrole nitrogens is 1. The maximum Gasteiger partial charge on any atom is 0.273 e. The molecule has 5 heteroatoms. The quantitative estimate of drug-likeness (QED) is 0.844. The van der Waals surface area contributed by atoms with Crippen LogP contribution in [0.25, 0.3) is 0 Å². The SMILES string of the molecule is Cc1cccc(CSc2nnc(C)c(=O)[nH]2)c1. The van der Waals surface area contributed by atoms with Crippen molar-refractivity contribution in [3.05, 3.63) is 51.4 Å². The van der Waals surface area contributed by atoms with Crippen molar-refractivity contribution in [2.45, 2.75) is 24.8 Å². The summed E-state index contributed by atoms with van der Waals surface area (Å²) in [5.41, 5.74) is 2.65. The number of nitrogens with one attached hydrogen (secondary N) is 1. The average molecular weight is 247 g/mol. The molecule has 0 aliphatic rings. The zero-order chi connectivity index (χ0) is 12.3.